The fourth-order valence-corrected chi connectivity index (χ4v) is 3.16. The molecule has 3 nitrogen and oxygen atoms in total. The van der Waals surface area contributed by atoms with Crippen LogP contribution >= 0.6 is 15.9 Å². The first-order chi connectivity index (χ1) is 12.3. The molecule has 0 fully saturated rings. The first-order valence-corrected chi connectivity index (χ1v) is 8.70. The number of pyridine rings is 2. The van der Waals surface area contributed by atoms with Crippen LogP contribution in [-0.4, -0.2) is 17.1 Å². The van der Waals surface area contributed by atoms with Crippen molar-refractivity contribution in [2.75, 3.05) is 7.11 Å². The smallest absolute Gasteiger partial charge is 0.222 e. The Bertz CT molecular complexity index is 1030. The summed E-state index contributed by atoms with van der Waals surface area (Å²) in [6, 6.07) is 22.5. The van der Waals surface area contributed by atoms with Gasteiger partial charge < -0.3 is 4.74 Å². The minimum atomic E-state index is 0.588. The summed E-state index contributed by atoms with van der Waals surface area (Å²) in [6.45, 7) is 0. The molecule has 2 heterocycles. The Morgan fingerprint density at radius 2 is 1.64 bits per heavy atom. The molecule has 0 saturated heterocycles. The Balaban J connectivity index is 2.04. The highest BCUT2D eigenvalue weighted by atomic mass is 79.9. The number of halogens is 1. The highest BCUT2D eigenvalue weighted by molar-refractivity contribution is 9.10. The van der Waals surface area contributed by atoms with Gasteiger partial charge in [0.25, 0.3) is 0 Å². The van der Waals surface area contributed by atoms with Crippen molar-refractivity contribution < 1.29 is 4.74 Å². The van der Waals surface area contributed by atoms with Gasteiger partial charge in [-0.15, -0.1) is 0 Å². The Hall–Kier alpha value is -2.72. The third kappa shape index (κ3) is 3.01. The first kappa shape index (κ1) is 15.8. The lowest BCUT2D eigenvalue weighted by atomic mass is 9.98. The van der Waals surface area contributed by atoms with Crippen molar-refractivity contribution in [3.8, 4) is 28.3 Å². The molecular weight excluding hydrogens is 376 g/mol. The van der Waals surface area contributed by atoms with E-state index >= 15 is 0 Å². The summed E-state index contributed by atoms with van der Waals surface area (Å²) >= 11 is 3.49. The average Bonchev–Trinajstić information content (AvgIpc) is 2.68. The predicted octanol–water partition coefficient (Wildman–Crippen LogP) is 5.73. The van der Waals surface area contributed by atoms with Crippen molar-refractivity contribution >= 4 is 26.8 Å². The van der Waals surface area contributed by atoms with Crippen molar-refractivity contribution in [3.63, 3.8) is 0 Å². The van der Waals surface area contributed by atoms with E-state index < -0.39 is 0 Å². The molecule has 0 aliphatic rings. The lowest BCUT2D eigenvalue weighted by Crippen LogP contribution is -1.95. The van der Waals surface area contributed by atoms with Gasteiger partial charge in [0.2, 0.25) is 5.88 Å². The van der Waals surface area contributed by atoms with Crippen LogP contribution in [0.4, 0.5) is 0 Å². The highest BCUT2D eigenvalue weighted by Crippen LogP contribution is 2.35. The molecular formula is C21H15BrN2O. The molecule has 2 aromatic carbocycles. The van der Waals surface area contributed by atoms with Crippen LogP contribution in [0, 0.1) is 0 Å². The lowest BCUT2D eigenvalue weighted by molar-refractivity contribution is 0.403. The number of aromatic nitrogens is 2. The average molecular weight is 391 g/mol. The summed E-state index contributed by atoms with van der Waals surface area (Å²) in [5.74, 6) is 0.588. The molecule has 0 aliphatic heterocycles. The van der Waals surface area contributed by atoms with Crippen molar-refractivity contribution in [1.29, 1.82) is 0 Å². The number of hydrogen-bond acceptors (Lipinski definition) is 3. The molecule has 0 unspecified atom stereocenters. The van der Waals surface area contributed by atoms with Crippen molar-refractivity contribution in [2.24, 2.45) is 0 Å². The molecule has 0 radical (unpaired) electrons. The minimum Gasteiger partial charge on any atom is -0.481 e. The lowest BCUT2D eigenvalue weighted by Gasteiger charge is -2.13. The molecule has 0 aliphatic carbocycles. The summed E-state index contributed by atoms with van der Waals surface area (Å²) in [5.41, 5.74) is 5.05. The Labute approximate surface area is 154 Å². The van der Waals surface area contributed by atoms with E-state index in [0.717, 1.165) is 37.8 Å². The van der Waals surface area contributed by atoms with E-state index in [1.807, 2.05) is 36.4 Å². The summed E-state index contributed by atoms with van der Waals surface area (Å²) in [6.07, 6.45) is 1.72. The molecule has 4 heteroatoms. The topological polar surface area (TPSA) is 35.0 Å². The number of hydrogen-bond donors (Lipinski definition) is 0. The number of fused-ring (bicyclic) bond motifs is 1. The zero-order chi connectivity index (χ0) is 17.2. The second-order valence-corrected chi connectivity index (χ2v) is 6.56. The van der Waals surface area contributed by atoms with E-state index in [9.17, 15) is 0 Å². The van der Waals surface area contributed by atoms with Gasteiger partial charge in [-0.1, -0.05) is 58.4 Å². The Morgan fingerprint density at radius 1 is 0.880 bits per heavy atom. The molecule has 4 rings (SSSR count). The zero-order valence-corrected chi connectivity index (χ0v) is 15.2. The molecule has 0 spiro atoms. The molecule has 0 amide bonds. The number of rotatable bonds is 3. The van der Waals surface area contributed by atoms with Crippen LogP contribution in [0.1, 0.15) is 0 Å². The number of benzene rings is 2. The first-order valence-electron chi connectivity index (χ1n) is 7.91. The maximum atomic E-state index is 5.42. The van der Waals surface area contributed by atoms with Crippen molar-refractivity contribution in [2.45, 2.75) is 0 Å². The SMILES string of the molecule is COc1nccc2nc(-c3ccc(Br)cc3)c(-c3ccccc3)cc12. The molecule has 0 saturated carbocycles. The Kier molecular flexibility index (Phi) is 4.20. The largest absolute Gasteiger partial charge is 0.481 e. The summed E-state index contributed by atoms with van der Waals surface area (Å²) < 4.78 is 6.47. The molecule has 2 aromatic heterocycles. The molecule has 4 aromatic rings. The van der Waals surface area contributed by atoms with Gasteiger partial charge in [-0.05, 0) is 29.8 Å². The zero-order valence-electron chi connectivity index (χ0n) is 13.6. The van der Waals surface area contributed by atoms with E-state index in [4.69, 9.17) is 9.72 Å². The van der Waals surface area contributed by atoms with Crippen molar-refractivity contribution in [1.82, 2.24) is 9.97 Å². The highest BCUT2D eigenvalue weighted by Gasteiger charge is 2.14. The van der Waals surface area contributed by atoms with Gasteiger partial charge in [0.05, 0.1) is 23.7 Å². The van der Waals surface area contributed by atoms with E-state index in [1.165, 1.54) is 0 Å². The van der Waals surface area contributed by atoms with Gasteiger partial charge in [0.15, 0.2) is 0 Å². The second kappa shape index (κ2) is 6.65. The number of ether oxygens (including phenoxy) is 1. The van der Waals surface area contributed by atoms with Gasteiger partial charge in [-0.2, -0.15) is 0 Å². The Morgan fingerprint density at radius 3 is 2.36 bits per heavy atom. The van der Waals surface area contributed by atoms with Gasteiger partial charge in [0.1, 0.15) is 0 Å². The molecule has 0 bridgehead atoms. The number of methoxy groups -OCH3 is 1. The van der Waals surface area contributed by atoms with Gasteiger partial charge >= 0.3 is 0 Å². The van der Waals surface area contributed by atoms with E-state index in [1.54, 1.807) is 13.3 Å². The molecule has 122 valence electrons. The third-order valence-corrected chi connectivity index (χ3v) is 4.63. The summed E-state index contributed by atoms with van der Waals surface area (Å²) in [4.78, 5) is 9.23. The van der Waals surface area contributed by atoms with Gasteiger partial charge in [0, 0.05) is 21.8 Å². The molecule has 0 atom stereocenters. The van der Waals surface area contributed by atoms with Crippen LogP contribution in [0.25, 0.3) is 33.3 Å². The van der Waals surface area contributed by atoms with Crippen LogP contribution in [0.15, 0.2) is 77.4 Å². The molecule has 25 heavy (non-hydrogen) atoms. The maximum Gasteiger partial charge on any atom is 0.222 e. The normalized spacial score (nSPS) is 10.8. The van der Waals surface area contributed by atoms with E-state index in [0.29, 0.717) is 5.88 Å². The predicted molar refractivity (Wildman–Crippen MR) is 105 cm³/mol. The van der Waals surface area contributed by atoms with Crippen LogP contribution in [0.2, 0.25) is 0 Å². The summed E-state index contributed by atoms with van der Waals surface area (Å²) in [5, 5.41) is 0.907. The fourth-order valence-electron chi connectivity index (χ4n) is 2.90. The van der Waals surface area contributed by atoms with Crippen molar-refractivity contribution in [3.05, 3.63) is 77.4 Å². The second-order valence-electron chi connectivity index (χ2n) is 5.64. The standard InChI is InChI=1S/C21H15BrN2O/c1-25-21-18-13-17(14-5-3-2-4-6-14)20(24-19(18)11-12-23-21)15-7-9-16(22)10-8-15/h2-13H,1H3. The quantitative estimate of drug-likeness (QED) is 0.447. The van der Waals surface area contributed by atoms with Crippen LogP contribution in [0.3, 0.4) is 0 Å². The fraction of sp³-hybridized carbons (Fsp3) is 0.0476. The summed E-state index contributed by atoms with van der Waals surface area (Å²) in [7, 11) is 1.63. The van der Waals surface area contributed by atoms with Gasteiger partial charge in [-0.25, -0.2) is 9.97 Å². The van der Waals surface area contributed by atoms with Crippen LogP contribution < -0.4 is 4.74 Å². The van der Waals surface area contributed by atoms with E-state index in [2.05, 4.69) is 51.2 Å². The van der Waals surface area contributed by atoms with Crippen LogP contribution in [-0.2, 0) is 0 Å². The number of nitrogens with zero attached hydrogens (tertiary/aromatic N) is 2. The van der Waals surface area contributed by atoms with E-state index in [-0.39, 0.29) is 0 Å². The monoisotopic (exact) mass is 390 g/mol. The van der Waals surface area contributed by atoms with Gasteiger partial charge in [-0.3, -0.25) is 0 Å². The van der Waals surface area contributed by atoms with Crippen LogP contribution in [0.5, 0.6) is 5.88 Å². The third-order valence-electron chi connectivity index (χ3n) is 4.10. The molecule has 0 N–H and O–H groups in total. The maximum absolute atomic E-state index is 5.42. The minimum absolute atomic E-state index is 0.588.